The fraction of sp³-hybridized carbons (Fsp3) is 0.364. The van der Waals surface area contributed by atoms with Crippen LogP contribution in [0.5, 0.6) is 11.5 Å². The number of amides is 2. The van der Waals surface area contributed by atoms with E-state index in [4.69, 9.17) is 9.47 Å². The second-order valence-corrected chi connectivity index (χ2v) is 9.41. The third kappa shape index (κ3) is 5.13. The zero-order chi connectivity index (χ0) is 23.5. The monoisotopic (exact) mass is 461 g/mol. The Morgan fingerprint density at radius 2 is 1.84 bits per heavy atom. The Hall–Kier alpha value is -3.27. The van der Waals surface area contributed by atoms with Gasteiger partial charge in [0.1, 0.15) is 6.54 Å². The molecule has 2 aromatic carbocycles. The molecule has 172 valence electrons. The average Bonchev–Trinajstić information content (AvgIpc) is 3.16. The number of nitrogens with one attached hydrogen (secondary N) is 1. The summed E-state index contributed by atoms with van der Waals surface area (Å²) in [7, 11) is -0.826. The fourth-order valence-electron chi connectivity index (χ4n) is 3.65. The van der Waals surface area contributed by atoms with E-state index in [1.807, 2.05) is 6.92 Å². The molecule has 2 aromatic rings. The Balaban J connectivity index is 1.78. The van der Waals surface area contributed by atoms with Crippen LogP contribution in [-0.4, -0.2) is 53.8 Å². The van der Waals surface area contributed by atoms with Crippen molar-refractivity contribution < 1.29 is 27.5 Å². The average molecular weight is 462 g/mol. The summed E-state index contributed by atoms with van der Waals surface area (Å²) >= 11 is 0. The Morgan fingerprint density at radius 1 is 1.12 bits per heavy atom. The molecule has 1 aliphatic heterocycles. The summed E-state index contributed by atoms with van der Waals surface area (Å²) < 4.78 is 36.2. The van der Waals surface area contributed by atoms with E-state index in [-0.39, 0.29) is 11.6 Å². The zero-order valence-corrected chi connectivity index (χ0v) is 19.4. The Morgan fingerprint density at radius 3 is 2.41 bits per heavy atom. The molecule has 0 atom stereocenters. The van der Waals surface area contributed by atoms with Gasteiger partial charge in [0, 0.05) is 30.4 Å². The van der Waals surface area contributed by atoms with Gasteiger partial charge in [-0.05, 0) is 49.2 Å². The van der Waals surface area contributed by atoms with Crippen molar-refractivity contribution in [2.45, 2.75) is 19.8 Å². The molecular weight excluding hydrogens is 434 g/mol. The third-order valence-corrected chi connectivity index (χ3v) is 6.33. The molecule has 1 N–H and O–H groups in total. The van der Waals surface area contributed by atoms with Crippen molar-refractivity contribution in [3.63, 3.8) is 0 Å². The van der Waals surface area contributed by atoms with Crippen LogP contribution in [-0.2, 0) is 19.6 Å². The summed E-state index contributed by atoms with van der Waals surface area (Å²) in [6.07, 6.45) is 2.40. The van der Waals surface area contributed by atoms with Crippen LogP contribution in [0.15, 0.2) is 36.4 Å². The lowest BCUT2D eigenvalue weighted by atomic mass is 10.1. The number of anilines is 3. The van der Waals surface area contributed by atoms with Crippen LogP contribution in [0, 0.1) is 6.92 Å². The third-order valence-electron chi connectivity index (χ3n) is 5.19. The largest absolute Gasteiger partial charge is 0.493 e. The second kappa shape index (κ2) is 9.47. The molecule has 9 nitrogen and oxygen atoms in total. The molecule has 0 bridgehead atoms. The van der Waals surface area contributed by atoms with Crippen molar-refractivity contribution >= 4 is 38.9 Å². The molecular formula is C22H27N3O6S. The molecule has 1 heterocycles. The number of aryl methyl sites for hydroxylation is 1. The van der Waals surface area contributed by atoms with Gasteiger partial charge in [-0.15, -0.1) is 0 Å². The van der Waals surface area contributed by atoms with Crippen LogP contribution >= 0.6 is 0 Å². The maximum absolute atomic E-state index is 12.7. The van der Waals surface area contributed by atoms with Gasteiger partial charge < -0.3 is 19.7 Å². The van der Waals surface area contributed by atoms with Crippen LogP contribution in [0.2, 0.25) is 0 Å². The standard InChI is InChI=1S/C22H27N3O6S/c1-15-12-16(7-9-18(15)24-11-5-6-22(24)27)23-21(26)14-25(32(4,28)29)17-8-10-19(30-2)20(13-17)31-3/h7-10,12-13H,5-6,11,14H2,1-4H3,(H,23,26). The summed E-state index contributed by atoms with van der Waals surface area (Å²) in [6, 6.07) is 9.87. The molecule has 32 heavy (non-hydrogen) atoms. The summed E-state index contributed by atoms with van der Waals surface area (Å²) in [5, 5.41) is 2.73. The number of ether oxygens (including phenoxy) is 2. The van der Waals surface area contributed by atoms with Crippen molar-refractivity contribution in [3.05, 3.63) is 42.0 Å². The molecule has 0 spiro atoms. The summed E-state index contributed by atoms with van der Waals surface area (Å²) in [6.45, 7) is 2.13. The van der Waals surface area contributed by atoms with E-state index >= 15 is 0 Å². The highest BCUT2D eigenvalue weighted by molar-refractivity contribution is 7.92. The van der Waals surface area contributed by atoms with E-state index in [1.165, 1.54) is 20.3 Å². The summed E-state index contributed by atoms with van der Waals surface area (Å²) in [4.78, 5) is 26.4. The van der Waals surface area contributed by atoms with E-state index in [0.29, 0.717) is 30.2 Å². The number of hydrogen-bond donors (Lipinski definition) is 1. The van der Waals surface area contributed by atoms with Crippen molar-refractivity contribution in [3.8, 4) is 11.5 Å². The molecule has 0 aliphatic carbocycles. The van der Waals surface area contributed by atoms with E-state index in [9.17, 15) is 18.0 Å². The first-order chi connectivity index (χ1) is 15.1. The smallest absolute Gasteiger partial charge is 0.245 e. The number of carbonyl (C=O) groups is 2. The fourth-order valence-corrected chi connectivity index (χ4v) is 4.50. The number of nitrogens with zero attached hydrogens (tertiary/aromatic N) is 2. The van der Waals surface area contributed by atoms with Crippen LogP contribution in [0.1, 0.15) is 18.4 Å². The highest BCUT2D eigenvalue weighted by Crippen LogP contribution is 2.32. The lowest BCUT2D eigenvalue weighted by Crippen LogP contribution is -2.37. The minimum Gasteiger partial charge on any atom is -0.493 e. The Labute approximate surface area is 188 Å². The van der Waals surface area contributed by atoms with Crippen molar-refractivity contribution in [1.29, 1.82) is 0 Å². The molecule has 0 aromatic heterocycles. The highest BCUT2D eigenvalue weighted by atomic mass is 32.2. The quantitative estimate of drug-likeness (QED) is 0.648. The molecule has 1 saturated heterocycles. The lowest BCUT2D eigenvalue weighted by molar-refractivity contribution is -0.117. The van der Waals surface area contributed by atoms with Gasteiger partial charge in [-0.2, -0.15) is 0 Å². The normalized spacial score (nSPS) is 13.8. The van der Waals surface area contributed by atoms with Gasteiger partial charge in [-0.1, -0.05) is 0 Å². The summed E-state index contributed by atoms with van der Waals surface area (Å²) in [5.74, 6) is 0.376. The van der Waals surface area contributed by atoms with Gasteiger partial charge in [0.15, 0.2) is 11.5 Å². The SMILES string of the molecule is COc1ccc(N(CC(=O)Nc2ccc(N3CCCC3=O)c(C)c2)S(C)(=O)=O)cc1OC. The minimum absolute atomic E-state index is 0.0867. The van der Waals surface area contributed by atoms with Crippen LogP contribution < -0.4 is 24.0 Å². The Kier molecular flexibility index (Phi) is 6.93. The molecule has 3 rings (SSSR count). The molecule has 0 unspecified atom stereocenters. The van der Waals surface area contributed by atoms with Crippen molar-refractivity contribution in [1.82, 2.24) is 0 Å². The van der Waals surface area contributed by atoms with E-state index in [2.05, 4.69) is 5.32 Å². The first kappa shape index (κ1) is 23.4. The maximum Gasteiger partial charge on any atom is 0.245 e. The van der Waals surface area contributed by atoms with E-state index in [0.717, 1.165) is 28.2 Å². The second-order valence-electron chi connectivity index (χ2n) is 7.51. The van der Waals surface area contributed by atoms with Crippen LogP contribution in [0.3, 0.4) is 0 Å². The lowest BCUT2D eigenvalue weighted by Gasteiger charge is -2.23. The first-order valence-electron chi connectivity index (χ1n) is 10.0. The van der Waals surface area contributed by atoms with Crippen molar-refractivity contribution in [2.24, 2.45) is 0 Å². The van der Waals surface area contributed by atoms with Gasteiger partial charge in [-0.3, -0.25) is 13.9 Å². The Bertz CT molecular complexity index is 1130. The van der Waals surface area contributed by atoms with Gasteiger partial charge >= 0.3 is 0 Å². The summed E-state index contributed by atoms with van der Waals surface area (Å²) in [5.41, 5.74) is 2.45. The number of benzene rings is 2. The number of methoxy groups -OCH3 is 2. The van der Waals surface area contributed by atoms with Gasteiger partial charge in [-0.25, -0.2) is 8.42 Å². The van der Waals surface area contributed by atoms with Crippen LogP contribution in [0.25, 0.3) is 0 Å². The topological polar surface area (TPSA) is 105 Å². The molecule has 0 radical (unpaired) electrons. The predicted octanol–water partition coefficient (Wildman–Crippen LogP) is 2.54. The predicted molar refractivity (Wildman–Crippen MR) is 123 cm³/mol. The molecule has 2 amide bonds. The zero-order valence-electron chi connectivity index (χ0n) is 18.5. The molecule has 1 aliphatic rings. The van der Waals surface area contributed by atoms with E-state index in [1.54, 1.807) is 35.2 Å². The molecule has 0 saturated carbocycles. The highest BCUT2D eigenvalue weighted by Gasteiger charge is 2.24. The number of carbonyl (C=O) groups excluding carboxylic acids is 2. The van der Waals surface area contributed by atoms with Gasteiger partial charge in [0.2, 0.25) is 21.8 Å². The number of rotatable bonds is 8. The van der Waals surface area contributed by atoms with E-state index < -0.39 is 22.5 Å². The number of hydrogen-bond acceptors (Lipinski definition) is 6. The molecule has 1 fully saturated rings. The van der Waals surface area contributed by atoms with Gasteiger partial charge in [0.25, 0.3) is 0 Å². The molecule has 10 heteroatoms. The first-order valence-corrected chi connectivity index (χ1v) is 11.9. The maximum atomic E-state index is 12.7. The van der Waals surface area contributed by atoms with Crippen LogP contribution in [0.4, 0.5) is 17.1 Å². The van der Waals surface area contributed by atoms with Gasteiger partial charge in [0.05, 0.1) is 26.2 Å². The number of sulfonamides is 1. The minimum atomic E-state index is -3.75. The van der Waals surface area contributed by atoms with Crippen molar-refractivity contribution in [2.75, 3.05) is 48.1 Å².